The standard InChI is InChI=1S/C23H17NO3S/c25-21(26)15-20-22(24-23(28-20)17-7-3-1-4-8-17)16-11-13-19(14-12-16)27-18-9-5-2-6-10-18/h1-14H,15H2,(H,25,26). The molecule has 1 heterocycles. The molecule has 0 aliphatic heterocycles. The Kier molecular flexibility index (Phi) is 5.17. The third-order valence-electron chi connectivity index (χ3n) is 4.14. The molecule has 28 heavy (non-hydrogen) atoms. The monoisotopic (exact) mass is 387 g/mol. The van der Waals surface area contributed by atoms with Crippen molar-refractivity contribution >= 4 is 17.3 Å². The molecule has 4 nitrogen and oxygen atoms in total. The molecule has 0 radical (unpaired) electrons. The fourth-order valence-electron chi connectivity index (χ4n) is 2.84. The summed E-state index contributed by atoms with van der Waals surface area (Å²) in [6, 6.07) is 26.9. The maximum Gasteiger partial charge on any atom is 0.308 e. The van der Waals surface area contributed by atoms with Gasteiger partial charge in [0, 0.05) is 16.0 Å². The Balaban J connectivity index is 1.65. The molecule has 0 fully saturated rings. The molecule has 0 atom stereocenters. The van der Waals surface area contributed by atoms with Gasteiger partial charge in [-0.05, 0) is 36.4 Å². The minimum atomic E-state index is -0.867. The van der Waals surface area contributed by atoms with E-state index in [2.05, 4.69) is 0 Å². The first-order valence-corrected chi connectivity index (χ1v) is 9.61. The Bertz CT molecular complexity index is 1070. The zero-order valence-corrected chi connectivity index (χ0v) is 15.7. The highest BCUT2D eigenvalue weighted by Gasteiger charge is 2.17. The lowest BCUT2D eigenvalue weighted by Crippen LogP contribution is -1.99. The van der Waals surface area contributed by atoms with Crippen molar-refractivity contribution in [3.05, 3.63) is 89.8 Å². The quantitative estimate of drug-likeness (QED) is 0.448. The van der Waals surface area contributed by atoms with Crippen LogP contribution in [0.3, 0.4) is 0 Å². The van der Waals surface area contributed by atoms with Crippen LogP contribution in [0, 0.1) is 0 Å². The van der Waals surface area contributed by atoms with E-state index in [1.165, 1.54) is 11.3 Å². The Labute approximate surface area is 166 Å². The molecule has 0 amide bonds. The van der Waals surface area contributed by atoms with Gasteiger partial charge in [-0.3, -0.25) is 4.79 Å². The molecule has 0 bridgehead atoms. The second kappa shape index (κ2) is 8.06. The van der Waals surface area contributed by atoms with Crippen LogP contribution in [0.25, 0.3) is 21.8 Å². The number of carbonyl (C=O) groups is 1. The van der Waals surface area contributed by atoms with Crippen LogP contribution in [0.5, 0.6) is 11.5 Å². The molecule has 0 saturated heterocycles. The molecule has 3 aromatic carbocycles. The Morgan fingerprint density at radius 1 is 0.821 bits per heavy atom. The summed E-state index contributed by atoms with van der Waals surface area (Å²) in [6.45, 7) is 0. The minimum absolute atomic E-state index is 0.0535. The van der Waals surface area contributed by atoms with Crippen molar-refractivity contribution in [3.63, 3.8) is 0 Å². The molecule has 4 aromatic rings. The number of hydrogen-bond donors (Lipinski definition) is 1. The van der Waals surface area contributed by atoms with E-state index in [0.29, 0.717) is 11.4 Å². The molecule has 4 rings (SSSR count). The van der Waals surface area contributed by atoms with Gasteiger partial charge in [0.1, 0.15) is 16.5 Å². The Morgan fingerprint density at radius 3 is 2.07 bits per heavy atom. The molecule has 1 aromatic heterocycles. The number of benzene rings is 3. The molecule has 0 spiro atoms. The fourth-order valence-corrected chi connectivity index (χ4v) is 3.92. The van der Waals surface area contributed by atoms with Gasteiger partial charge in [0.15, 0.2) is 0 Å². The van der Waals surface area contributed by atoms with Gasteiger partial charge in [-0.2, -0.15) is 0 Å². The highest BCUT2D eigenvalue weighted by atomic mass is 32.1. The highest BCUT2D eigenvalue weighted by molar-refractivity contribution is 7.15. The van der Waals surface area contributed by atoms with Gasteiger partial charge in [0.2, 0.25) is 0 Å². The zero-order valence-electron chi connectivity index (χ0n) is 14.9. The number of carboxylic acid groups (broad SMARTS) is 1. The van der Waals surface area contributed by atoms with E-state index >= 15 is 0 Å². The van der Waals surface area contributed by atoms with Crippen molar-refractivity contribution in [2.45, 2.75) is 6.42 Å². The van der Waals surface area contributed by atoms with Gasteiger partial charge in [-0.1, -0.05) is 48.5 Å². The van der Waals surface area contributed by atoms with Gasteiger partial charge < -0.3 is 9.84 Å². The summed E-state index contributed by atoms with van der Waals surface area (Å²) in [4.78, 5) is 16.8. The summed E-state index contributed by atoms with van der Waals surface area (Å²) in [5, 5.41) is 10.1. The average Bonchev–Trinajstić information content (AvgIpc) is 3.13. The van der Waals surface area contributed by atoms with Gasteiger partial charge >= 0.3 is 5.97 Å². The van der Waals surface area contributed by atoms with Crippen molar-refractivity contribution in [3.8, 4) is 33.3 Å². The molecule has 1 N–H and O–H groups in total. The number of aromatic nitrogens is 1. The smallest absolute Gasteiger partial charge is 0.308 e. The van der Waals surface area contributed by atoms with Gasteiger partial charge in [0.05, 0.1) is 12.1 Å². The zero-order chi connectivity index (χ0) is 19.3. The van der Waals surface area contributed by atoms with E-state index in [9.17, 15) is 9.90 Å². The van der Waals surface area contributed by atoms with Crippen LogP contribution in [0.4, 0.5) is 0 Å². The Hall–Kier alpha value is -3.44. The number of thiazole rings is 1. The molecule has 0 aliphatic carbocycles. The highest BCUT2D eigenvalue weighted by Crippen LogP contribution is 2.35. The summed E-state index contributed by atoms with van der Waals surface area (Å²) in [5.41, 5.74) is 2.56. The second-order valence-corrected chi connectivity index (χ2v) is 7.25. The van der Waals surface area contributed by atoms with Crippen LogP contribution >= 0.6 is 11.3 Å². The normalized spacial score (nSPS) is 10.6. The van der Waals surface area contributed by atoms with E-state index < -0.39 is 5.97 Å². The fraction of sp³-hybridized carbons (Fsp3) is 0.0435. The van der Waals surface area contributed by atoms with Gasteiger partial charge in [0.25, 0.3) is 0 Å². The van der Waals surface area contributed by atoms with Gasteiger partial charge in [-0.25, -0.2) is 4.98 Å². The van der Waals surface area contributed by atoms with E-state index in [4.69, 9.17) is 9.72 Å². The number of para-hydroxylation sites is 1. The number of rotatable bonds is 6. The lowest BCUT2D eigenvalue weighted by Gasteiger charge is -2.06. The average molecular weight is 387 g/mol. The first kappa shape index (κ1) is 17.9. The van der Waals surface area contributed by atoms with Crippen molar-refractivity contribution in [1.82, 2.24) is 4.98 Å². The van der Waals surface area contributed by atoms with Crippen molar-refractivity contribution < 1.29 is 14.6 Å². The predicted molar refractivity (Wildman–Crippen MR) is 111 cm³/mol. The van der Waals surface area contributed by atoms with Crippen molar-refractivity contribution in [2.75, 3.05) is 0 Å². The first-order chi connectivity index (χ1) is 13.7. The molecule has 5 heteroatoms. The number of aliphatic carboxylic acids is 1. The second-order valence-electron chi connectivity index (χ2n) is 6.17. The van der Waals surface area contributed by atoms with Crippen LogP contribution in [-0.4, -0.2) is 16.1 Å². The summed E-state index contributed by atoms with van der Waals surface area (Å²) in [5.74, 6) is 0.614. The van der Waals surface area contributed by atoms with Crippen LogP contribution in [0.2, 0.25) is 0 Å². The minimum Gasteiger partial charge on any atom is -0.481 e. The number of ether oxygens (including phenoxy) is 1. The molecular formula is C23H17NO3S. The van der Waals surface area contributed by atoms with Crippen LogP contribution in [0.1, 0.15) is 4.88 Å². The third kappa shape index (κ3) is 4.10. The maximum absolute atomic E-state index is 11.3. The van der Waals surface area contributed by atoms with Crippen LogP contribution < -0.4 is 4.74 Å². The van der Waals surface area contributed by atoms with Crippen LogP contribution in [-0.2, 0) is 11.2 Å². The summed E-state index contributed by atoms with van der Waals surface area (Å²) < 4.78 is 5.83. The lowest BCUT2D eigenvalue weighted by atomic mass is 10.1. The van der Waals surface area contributed by atoms with Crippen LogP contribution in [0.15, 0.2) is 84.9 Å². The molecule has 0 aliphatic rings. The largest absolute Gasteiger partial charge is 0.481 e. The number of carboxylic acids is 1. The Morgan fingerprint density at radius 2 is 1.43 bits per heavy atom. The molecule has 0 saturated carbocycles. The lowest BCUT2D eigenvalue weighted by molar-refractivity contribution is -0.136. The molecule has 138 valence electrons. The summed E-state index contributed by atoms with van der Waals surface area (Å²) in [7, 11) is 0. The summed E-state index contributed by atoms with van der Waals surface area (Å²) in [6.07, 6.45) is -0.0535. The SMILES string of the molecule is O=C(O)Cc1sc(-c2ccccc2)nc1-c1ccc(Oc2ccccc2)cc1. The number of nitrogens with zero attached hydrogens (tertiary/aromatic N) is 1. The van der Waals surface area contributed by atoms with E-state index in [1.807, 2.05) is 84.9 Å². The van der Waals surface area contributed by atoms with Crippen molar-refractivity contribution in [1.29, 1.82) is 0 Å². The predicted octanol–water partition coefficient (Wildman–Crippen LogP) is 5.90. The van der Waals surface area contributed by atoms with E-state index in [-0.39, 0.29) is 6.42 Å². The molecular weight excluding hydrogens is 370 g/mol. The maximum atomic E-state index is 11.3. The first-order valence-electron chi connectivity index (χ1n) is 8.79. The van der Waals surface area contributed by atoms with E-state index in [1.54, 1.807) is 0 Å². The number of hydrogen-bond acceptors (Lipinski definition) is 4. The topological polar surface area (TPSA) is 59.4 Å². The van der Waals surface area contributed by atoms with E-state index in [0.717, 1.165) is 26.8 Å². The summed E-state index contributed by atoms with van der Waals surface area (Å²) >= 11 is 1.42. The van der Waals surface area contributed by atoms with Crippen molar-refractivity contribution in [2.24, 2.45) is 0 Å². The van der Waals surface area contributed by atoms with Gasteiger partial charge in [-0.15, -0.1) is 11.3 Å². The third-order valence-corrected chi connectivity index (χ3v) is 5.24. The molecule has 0 unspecified atom stereocenters.